The Hall–Kier alpha value is -4.84. The summed E-state index contributed by atoms with van der Waals surface area (Å²) in [5.41, 5.74) is 2.89. The molecule has 1 aliphatic carbocycles. The maximum Gasteiger partial charge on any atom is 0.453 e. The van der Waals surface area contributed by atoms with Gasteiger partial charge >= 0.3 is 6.18 Å². The molecule has 12 nitrogen and oxygen atoms in total. The molecular formula is C27H28ClF3N10O2. The number of anilines is 1. The van der Waals surface area contributed by atoms with Gasteiger partial charge in [0.25, 0.3) is 11.7 Å². The van der Waals surface area contributed by atoms with E-state index in [0.29, 0.717) is 23.3 Å². The zero-order valence-electron chi connectivity index (χ0n) is 23.4. The van der Waals surface area contributed by atoms with Crippen LogP contribution in [-0.4, -0.2) is 52.1 Å². The first-order valence-corrected chi connectivity index (χ1v) is 13.2. The molecule has 0 spiro atoms. The fourth-order valence-electron chi connectivity index (χ4n) is 4.06. The number of amidine groups is 1. The Bertz CT molecular complexity index is 1580. The van der Waals surface area contributed by atoms with E-state index in [-0.39, 0.29) is 34.2 Å². The fraction of sp³-hybridized carbons (Fsp3) is 0.333. The number of rotatable bonds is 8. The van der Waals surface area contributed by atoms with Gasteiger partial charge in [0.2, 0.25) is 0 Å². The number of aryl methyl sites for hydroxylation is 1. The van der Waals surface area contributed by atoms with Crippen molar-refractivity contribution in [3.05, 3.63) is 69.6 Å². The van der Waals surface area contributed by atoms with Crippen LogP contribution in [0.2, 0.25) is 5.02 Å². The number of nitriles is 1. The van der Waals surface area contributed by atoms with Gasteiger partial charge in [-0.15, -0.1) is 5.11 Å². The highest BCUT2D eigenvalue weighted by Gasteiger charge is 2.36. The highest BCUT2D eigenvalue weighted by Crippen LogP contribution is 2.33. The second-order valence-electron chi connectivity index (χ2n) is 9.43. The number of aliphatic imine (C=N–C) groups is 1. The smallest absolute Gasteiger partial charge is 0.387 e. The number of nitrogens with one attached hydrogen (secondary N) is 2. The van der Waals surface area contributed by atoms with Crippen molar-refractivity contribution in [2.24, 2.45) is 27.1 Å². The van der Waals surface area contributed by atoms with Gasteiger partial charge < -0.3 is 16.5 Å². The Balaban J connectivity index is 0.000000242. The lowest BCUT2D eigenvalue weighted by Crippen LogP contribution is -2.34. The maximum absolute atomic E-state index is 12.6. The minimum absolute atomic E-state index is 0.0507. The first-order chi connectivity index (χ1) is 20.4. The van der Waals surface area contributed by atoms with Gasteiger partial charge in [-0.05, 0) is 68.5 Å². The van der Waals surface area contributed by atoms with Crippen LogP contribution in [0, 0.1) is 24.2 Å². The summed E-state index contributed by atoms with van der Waals surface area (Å²) in [5.74, 6) is 3.78. The monoisotopic (exact) mass is 616 g/mol. The number of amides is 1. The number of benzene rings is 1. The molecule has 43 heavy (non-hydrogen) atoms. The first kappa shape index (κ1) is 32.7. The van der Waals surface area contributed by atoms with Gasteiger partial charge in [0.15, 0.2) is 12.1 Å². The number of carbonyl (C=O) groups excluding carboxylic acids is 2. The standard InChI is InChI=1S/C15H19N3O.C12H9ClF3N7O/c1-9-6-11(8-16)7-13(14(9)17-3)15(19)18-10(2)12-4-5-12;13-9-2-1-3-18-10(9)23-8(6-24)4-7(21-23)5-19-11(20-22-17)12(14,15)16/h6-7,10,12,17H,4-5H2,1-3H3,(H,18,19);1-4,6H,5H2,(H2,17,19,20). The van der Waals surface area contributed by atoms with Crippen LogP contribution < -0.4 is 16.5 Å². The third-order valence-electron chi connectivity index (χ3n) is 6.29. The summed E-state index contributed by atoms with van der Waals surface area (Å²) in [6.45, 7) is 3.44. The highest BCUT2D eigenvalue weighted by atomic mass is 35.5. The predicted octanol–water partition coefficient (Wildman–Crippen LogP) is 4.96. The number of aromatic nitrogens is 3. The Morgan fingerprint density at radius 2 is 2.07 bits per heavy atom. The number of nitrogens with zero attached hydrogens (tertiary/aromatic N) is 7. The molecule has 3 aromatic rings. The van der Waals surface area contributed by atoms with E-state index >= 15 is 0 Å². The van der Waals surface area contributed by atoms with Gasteiger partial charge in [-0.1, -0.05) is 16.8 Å². The molecule has 2 heterocycles. The summed E-state index contributed by atoms with van der Waals surface area (Å²) in [6.07, 6.45) is -0.535. The van der Waals surface area contributed by atoms with Crippen LogP contribution >= 0.6 is 11.6 Å². The number of aldehydes is 1. The predicted molar refractivity (Wildman–Crippen MR) is 153 cm³/mol. The Labute approximate surface area is 249 Å². The van der Waals surface area contributed by atoms with Gasteiger partial charge in [-0.25, -0.2) is 9.67 Å². The fourth-order valence-corrected chi connectivity index (χ4v) is 4.26. The van der Waals surface area contributed by atoms with E-state index in [2.05, 4.69) is 48.0 Å². The van der Waals surface area contributed by atoms with Crippen molar-refractivity contribution in [3.8, 4) is 11.9 Å². The quantitative estimate of drug-likeness (QED) is 0.0800. The van der Waals surface area contributed by atoms with Crippen LogP contribution in [0.15, 0.2) is 51.9 Å². The number of pyridine rings is 1. The molecular weight excluding hydrogens is 589 g/mol. The zero-order chi connectivity index (χ0) is 31.7. The summed E-state index contributed by atoms with van der Waals surface area (Å²) < 4.78 is 39.0. The van der Waals surface area contributed by atoms with Crippen LogP contribution in [0.3, 0.4) is 0 Å². The van der Waals surface area contributed by atoms with Gasteiger partial charge in [0.1, 0.15) is 5.69 Å². The molecule has 1 unspecified atom stereocenters. The third-order valence-corrected chi connectivity index (χ3v) is 6.59. The van der Waals surface area contributed by atoms with E-state index in [9.17, 15) is 22.8 Å². The van der Waals surface area contributed by atoms with Crippen molar-refractivity contribution in [2.45, 2.75) is 45.5 Å². The third kappa shape index (κ3) is 8.58. The Morgan fingerprint density at radius 1 is 1.35 bits per heavy atom. The number of alkyl halides is 3. The van der Waals surface area contributed by atoms with Crippen LogP contribution in [0.5, 0.6) is 0 Å². The largest absolute Gasteiger partial charge is 0.453 e. The summed E-state index contributed by atoms with van der Waals surface area (Å²) in [7, 11) is 1.79. The van der Waals surface area contributed by atoms with Crippen LogP contribution in [0.25, 0.3) is 5.82 Å². The second kappa shape index (κ2) is 14.4. The molecule has 0 aliphatic heterocycles. The molecule has 1 saturated carbocycles. The van der Waals surface area contributed by atoms with Crippen molar-refractivity contribution >= 4 is 35.3 Å². The van der Waals surface area contributed by atoms with Gasteiger partial charge in [-0.3, -0.25) is 14.6 Å². The second-order valence-corrected chi connectivity index (χ2v) is 9.84. The summed E-state index contributed by atoms with van der Waals surface area (Å²) in [4.78, 5) is 30.7. The molecule has 4 rings (SSSR count). The van der Waals surface area contributed by atoms with E-state index in [0.717, 1.165) is 15.9 Å². The number of hydrogen-bond donors (Lipinski definition) is 3. The molecule has 1 fully saturated rings. The molecule has 0 saturated heterocycles. The average Bonchev–Trinajstić information content (AvgIpc) is 3.75. The van der Waals surface area contributed by atoms with Crippen molar-refractivity contribution in [1.82, 2.24) is 20.1 Å². The van der Waals surface area contributed by atoms with Crippen molar-refractivity contribution in [1.29, 1.82) is 5.26 Å². The molecule has 1 atom stereocenters. The van der Waals surface area contributed by atoms with Crippen LogP contribution in [-0.2, 0) is 6.54 Å². The van der Waals surface area contributed by atoms with E-state index < -0.39 is 18.6 Å². The summed E-state index contributed by atoms with van der Waals surface area (Å²) >= 11 is 5.97. The number of halogens is 4. The van der Waals surface area contributed by atoms with Crippen LogP contribution in [0.4, 0.5) is 18.9 Å². The lowest BCUT2D eigenvalue weighted by molar-refractivity contribution is -0.0603. The number of nitrogens with two attached hydrogens (primary N) is 1. The van der Waals surface area contributed by atoms with E-state index in [4.69, 9.17) is 16.9 Å². The normalized spacial score (nSPS) is 14.0. The SMILES string of the molecule is CNc1c(C)cc(C#N)cc1C(=O)NC(C)C1CC1.NN=NC(=NCc1cc(C=O)n(-c2ncccc2Cl)n1)C(F)(F)F. The summed E-state index contributed by atoms with van der Waals surface area (Å²) in [5, 5.41) is 24.6. The zero-order valence-corrected chi connectivity index (χ0v) is 24.1. The molecule has 0 radical (unpaired) electrons. The van der Waals surface area contributed by atoms with E-state index in [1.165, 1.54) is 31.2 Å². The van der Waals surface area contributed by atoms with Crippen molar-refractivity contribution in [3.63, 3.8) is 0 Å². The number of carbonyl (C=O) groups is 2. The van der Waals surface area contributed by atoms with Gasteiger partial charge in [0, 0.05) is 25.0 Å². The summed E-state index contributed by atoms with van der Waals surface area (Å²) in [6, 6.07) is 10.1. The molecule has 1 amide bonds. The lowest BCUT2D eigenvalue weighted by Gasteiger charge is -2.16. The van der Waals surface area contributed by atoms with E-state index in [1.54, 1.807) is 25.2 Å². The molecule has 1 aliphatic rings. The highest BCUT2D eigenvalue weighted by molar-refractivity contribution is 6.32. The first-order valence-electron chi connectivity index (χ1n) is 12.8. The minimum Gasteiger partial charge on any atom is -0.387 e. The molecule has 16 heteroatoms. The Morgan fingerprint density at radius 3 is 2.63 bits per heavy atom. The average molecular weight is 617 g/mol. The van der Waals surface area contributed by atoms with Gasteiger partial charge in [-0.2, -0.15) is 23.5 Å². The van der Waals surface area contributed by atoms with Gasteiger partial charge in [0.05, 0.1) is 34.5 Å². The Kier molecular flexibility index (Phi) is 10.9. The molecule has 4 N–H and O–H groups in total. The van der Waals surface area contributed by atoms with E-state index in [1.807, 2.05) is 13.8 Å². The molecule has 226 valence electrons. The maximum atomic E-state index is 12.6. The topological polar surface area (TPSA) is 176 Å². The number of hydrogen-bond acceptors (Lipinski definition) is 8. The lowest BCUT2D eigenvalue weighted by atomic mass is 10.0. The molecule has 0 bridgehead atoms. The molecule has 2 aromatic heterocycles. The van der Waals surface area contributed by atoms with Crippen molar-refractivity contribution < 1.29 is 22.8 Å². The molecule has 1 aromatic carbocycles. The minimum atomic E-state index is -4.82. The van der Waals surface area contributed by atoms with Crippen LogP contribution in [0.1, 0.15) is 57.4 Å². The van der Waals surface area contributed by atoms with Crippen molar-refractivity contribution in [2.75, 3.05) is 12.4 Å².